The Morgan fingerprint density at radius 1 is 1.26 bits per heavy atom. The van der Waals surface area contributed by atoms with Crippen LogP contribution in [-0.2, 0) is 10.0 Å². The Labute approximate surface area is 156 Å². The van der Waals surface area contributed by atoms with Crippen molar-refractivity contribution >= 4 is 27.6 Å². The first kappa shape index (κ1) is 20.1. The molecular weight excluding hydrogens is 372 g/mol. The number of furan rings is 1. The van der Waals surface area contributed by atoms with E-state index in [0.29, 0.717) is 5.76 Å². The second kappa shape index (κ2) is 8.92. The van der Waals surface area contributed by atoms with Gasteiger partial charge in [0.1, 0.15) is 10.7 Å². The van der Waals surface area contributed by atoms with Gasteiger partial charge in [0.15, 0.2) is 0 Å². The molecule has 1 heterocycles. The van der Waals surface area contributed by atoms with Gasteiger partial charge in [-0.1, -0.05) is 12.2 Å². The molecule has 0 saturated carbocycles. The summed E-state index contributed by atoms with van der Waals surface area (Å²) in [7, 11) is -4.07. The summed E-state index contributed by atoms with van der Waals surface area (Å²) >= 11 is 0. The van der Waals surface area contributed by atoms with Crippen molar-refractivity contribution in [2.45, 2.75) is 4.90 Å². The Morgan fingerprint density at radius 3 is 2.52 bits per heavy atom. The van der Waals surface area contributed by atoms with Crippen LogP contribution in [0, 0.1) is 10.1 Å². The Morgan fingerprint density at radius 2 is 1.96 bits per heavy atom. The van der Waals surface area contributed by atoms with Crippen molar-refractivity contribution in [2.75, 3.05) is 18.5 Å². The van der Waals surface area contributed by atoms with Gasteiger partial charge in [-0.05, 0) is 18.2 Å². The summed E-state index contributed by atoms with van der Waals surface area (Å²) < 4.78 is 32.2. The maximum absolute atomic E-state index is 13.0. The Bertz CT molecular complexity index is 942. The van der Waals surface area contributed by atoms with Gasteiger partial charge in [0.05, 0.1) is 23.1 Å². The van der Waals surface area contributed by atoms with Gasteiger partial charge in [-0.25, -0.2) is 8.42 Å². The third-order valence-electron chi connectivity index (χ3n) is 3.38. The molecule has 0 bridgehead atoms. The Kier molecular flexibility index (Phi) is 6.63. The first-order valence-corrected chi connectivity index (χ1v) is 9.17. The highest BCUT2D eigenvalue weighted by molar-refractivity contribution is 7.89. The van der Waals surface area contributed by atoms with E-state index in [9.17, 15) is 18.5 Å². The highest BCUT2D eigenvalue weighted by Crippen LogP contribution is 2.29. The monoisotopic (exact) mass is 390 g/mol. The van der Waals surface area contributed by atoms with E-state index in [2.05, 4.69) is 23.7 Å². The molecule has 10 heteroatoms. The van der Waals surface area contributed by atoms with Crippen molar-refractivity contribution in [1.82, 2.24) is 4.31 Å². The van der Waals surface area contributed by atoms with Crippen LogP contribution in [0.1, 0.15) is 5.76 Å². The lowest BCUT2D eigenvalue weighted by Crippen LogP contribution is -2.31. The summed E-state index contributed by atoms with van der Waals surface area (Å²) in [6, 6.07) is 6.79. The van der Waals surface area contributed by atoms with Crippen molar-refractivity contribution < 1.29 is 17.8 Å². The van der Waals surface area contributed by atoms with E-state index in [0.717, 1.165) is 10.4 Å². The quantitative estimate of drug-likeness (QED) is 0.288. The van der Waals surface area contributed by atoms with Gasteiger partial charge >= 0.3 is 0 Å². The molecule has 0 atom stereocenters. The summed E-state index contributed by atoms with van der Waals surface area (Å²) in [5.74, 6) is 0.453. The SMILES string of the molecule is C=CCN(CC=C)S(=O)(=O)c1cc([N+](=O)[O-])ccc1NN=Cc1ccco1. The van der Waals surface area contributed by atoms with E-state index in [4.69, 9.17) is 4.42 Å². The number of rotatable bonds is 10. The minimum atomic E-state index is -4.07. The zero-order valence-electron chi connectivity index (χ0n) is 14.3. The first-order chi connectivity index (χ1) is 12.9. The van der Waals surface area contributed by atoms with Crippen molar-refractivity contribution in [2.24, 2.45) is 5.10 Å². The van der Waals surface area contributed by atoms with Gasteiger partial charge in [-0.15, -0.1) is 13.2 Å². The van der Waals surface area contributed by atoms with Gasteiger partial charge < -0.3 is 4.42 Å². The minimum absolute atomic E-state index is 0.0200. The molecule has 0 fully saturated rings. The summed E-state index contributed by atoms with van der Waals surface area (Å²) in [6.07, 6.45) is 5.65. The Balaban J connectivity index is 2.46. The molecule has 1 aromatic carbocycles. The second-order valence-corrected chi connectivity index (χ2v) is 7.13. The maximum atomic E-state index is 13.0. The van der Waals surface area contributed by atoms with Crippen LogP contribution in [0.25, 0.3) is 0 Å². The van der Waals surface area contributed by atoms with Crippen molar-refractivity contribution in [3.63, 3.8) is 0 Å². The van der Waals surface area contributed by atoms with Crippen molar-refractivity contribution in [3.05, 3.63) is 77.8 Å². The fourth-order valence-corrected chi connectivity index (χ4v) is 3.70. The molecule has 27 heavy (non-hydrogen) atoms. The summed E-state index contributed by atoms with van der Waals surface area (Å²) in [4.78, 5) is 10.1. The van der Waals surface area contributed by atoms with Gasteiger partial charge in [0.2, 0.25) is 10.0 Å². The molecule has 2 rings (SSSR count). The van der Waals surface area contributed by atoms with Gasteiger partial charge in [-0.2, -0.15) is 9.41 Å². The van der Waals surface area contributed by atoms with Crippen LogP contribution < -0.4 is 5.43 Å². The summed E-state index contributed by atoms with van der Waals surface area (Å²) in [5.41, 5.74) is 2.32. The molecule has 0 saturated heterocycles. The normalized spacial score (nSPS) is 11.6. The number of non-ortho nitro benzene ring substituents is 1. The lowest BCUT2D eigenvalue weighted by Gasteiger charge is -2.20. The largest absolute Gasteiger partial charge is 0.463 e. The molecule has 0 spiro atoms. The predicted octanol–water partition coefficient (Wildman–Crippen LogP) is 3.00. The lowest BCUT2D eigenvalue weighted by molar-refractivity contribution is -0.385. The minimum Gasteiger partial charge on any atom is -0.463 e. The van der Waals surface area contributed by atoms with Crippen LogP contribution in [0.3, 0.4) is 0 Å². The van der Waals surface area contributed by atoms with Crippen LogP contribution in [0.4, 0.5) is 11.4 Å². The lowest BCUT2D eigenvalue weighted by atomic mass is 10.3. The van der Waals surface area contributed by atoms with Crippen LogP contribution in [-0.4, -0.2) is 37.0 Å². The number of nitrogens with zero attached hydrogens (tertiary/aromatic N) is 3. The van der Waals surface area contributed by atoms with Crippen LogP contribution in [0.2, 0.25) is 0 Å². The van der Waals surface area contributed by atoms with Crippen molar-refractivity contribution in [1.29, 1.82) is 0 Å². The van der Waals surface area contributed by atoms with Gasteiger partial charge in [0.25, 0.3) is 5.69 Å². The molecule has 0 aliphatic heterocycles. The molecule has 9 nitrogen and oxygen atoms in total. The van der Waals surface area contributed by atoms with E-state index >= 15 is 0 Å². The average Bonchev–Trinajstić information content (AvgIpc) is 3.15. The molecule has 1 N–H and O–H groups in total. The number of benzene rings is 1. The van der Waals surface area contributed by atoms with Crippen LogP contribution in [0.5, 0.6) is 0 Å². The van der Waals surface area contributed by atoms with Crippen LogP contribution >= 0.6 is 0 Å². The van der Waals surface area contributed by atoms with E-state index < -0.39 is 14.9 Å². The van der Waals surface area contributed by atoms with Gasteiger partial charge in [-0.3, -0.25) is 15.5 Å². The van der Waals surface area contributed by atoms with Crippen molar-refractivity contribution in [3.8, 4) is 0 Å². The standard InChI is InChI=1S/C17H18N4O5S/c1-3-9-20(10-4-2)27(24,25)17-12-14(21(22)23)7-8-16(17)19-18-13-15-6-5-11-26-15/h3-8,11-13,19H,1-2,9-10H2. The maximum Gasteiger partial charge on any atom is 0.270 e. The number of nitro benzene ring substituents is 1. The fourth-order valence-electron chi connectivity index (χ4n) is 2.16. The Hall–Kier alpha value is -3.24. The molecule has 2 aromatic rings. The molecule has 142 valence electrons. The highest BCUT2D eigenvalue weighted by atomic mass is 32.2. The smallest absolute Gasteiger partial charge is 0.270 e. The average molecular weight is 390 g/mol. The second-order valence-electron chi connectivity index (χ2n) is 5.22. The van der Waals surface area contributed by atoms with E-state index in [1.54, 1.807) is 12.1 Å². The number of hydrogen-bond acceptors (Lipinski definition) is 7. The highest BCUT2D eigenvalue weighted by Gasteiger charge is 2.27. The molecule has 0 unspecified atom stereocenters. The predicted molar refractivity (Wildman–Crippen MR) is 102 cm³/mol. The summed E-state index contributed by atoms with van der Waals surface area (Å²) in [6.45, 7) is 7.12. The number of hydrogen-bond donors (Lipinski definition) is 1. The summed E-state index contributed by atoms with van der Waals surface area (Å²) in [5, 5.41) is 15.0. The topological polar surface area (TPSA) is 118 Å². The molecule has 0 aliphatic rings. The third kappa shape index (κ3) is 4.90. The van der Waals surface area contributed by atoms with E-state index in [1.165, 1.54) is 36.8 Å². The number of anilines is 1. The van der Waals surface area contributed by atoms with Crippen LogP contribution in [0.15, 0.2) is 76.3 Å². The van der Waals surface area contributed by atoms with E-state index in [1.807, 2.05) is 0 Å². The first-order valence-electron chi connectivity index (χ1n) is 7.73. The molecule has 1 aromatic heterocycles. The van der Waals surface area contributed by atoms with E-state index in [-0.39, 0.29) is 29.4 Å². The molecular formula is C17H18N4O5S. The number of nitro groups is 1. The fraction of sp³-hybridized carbons (Fsp3) is 0.118. The number of hydrazone groups is 1. The number of sulfonamides is 1. The zero-order valence-corrected chi connectivity index (χ0v) is 15.1. The third-order valence-corrected chi connectivity index (χ3v) is 5.25. The molecule has 0 aliphatic carbocycles. The van der Waals surface area contributed by atoms with Gasteiger partial charge in [0, 0.05) is 25.2 Å². The molecule has 0 amide bonds. The number of nitrogens with one attached hydrogen (secondary N) is 1. The molecule has 0 radical (unpaired) electrons. The zero-order chi connectivity index (χ0) is 19.9.